The standard InChI is InChI=1S/C21H22F2N4O5/c1-12-5-17(31-2)20(23)16(19(12)22)11-32-15-7-24-21(25-8-15)26-13-3-4-27(18(30)6-13)9-14(29)10-28/h3-8,14,28-29H,9-11H2,1-2H3,(H,24,25,26)/t14-/m1/s1. The molecular weight excluding hydrogens is 426 g/mol. The number of hydrogen-bond donors (Lipinski definition) is 3. The first kappa shape index (κ1) is 23.1. The van der Waals surface area contributed by atoms with Gasteiger partial charge in [0.25, 0.3) is 5.56 Å². The molecule has 3 N–H and O–H groups in total. The van der Waals surface area contributed by atoms with E-state index in [-0.39, 0.29) is 47.3 Å². The van der Waals surface area contributed by atoms with Crippen LogP contribution in [0.2, 0.25) is 0 Å². The van der Waals surface area contributed by atoms with Crippen LogP contribution in [0, 0.1) is 18.6 Å². The molecule has 170 valence electrons. The van der Waals surface area contributed by atoms with E-state index in [4.69, 9.17) is 14.6 Å². The first-order chi connectivity index (χ1) is 15.3. The summed E-state index contributed by atoms with van der Waals surface area (Å²) in [6, 6.07) is 4.13. The minimum atomic E-state index is -1.04. The average Bonchev–Trinajstić information content (AvgIpc) is 2.79. The van der Waals surface area contributed by atoms with Gasteiger partial charge < -0.3 is 29.6 Å². The largest absolute Gasteiger partial charge is 0.494 e. The zero-order valence-electron chi connectivity index (χ0n) is 17.4. The van der Waals surface area contributed by atoms with Gasteiger partial charge in [-0.15, -0.1) is 0 Å². The highest BCUT2D eigenvalue weighted by atomic mass is 19.1. The molecule has 1 atom stereocenters. The SMILES string of the molecule is COc1cc(C)c(F)c(COc2cnc(Nc3ccn(C[C@@H](O)CO)c(=O)c3)nc2)c1F. The smallest absolute Gasteiger partial charge is 0.252 e. The monoisotopic (exact) mass is 448 g/mol. The fourth-order valence-corrected chi connectivity index (χ4v) is 2.84. The maximum atomic E-state index is 14.3. The molecule has 3 aromatic rings. The summed E-state index contributed by atoms with van der Waals surface area (Å²) in [7, 11) is 1.29. The number of aliphatic hydroxyl groups excluding tert-OH is 2. The quantitative estimate of drug-likeness (QED) is 0.454. The van der Waals surface area contributed by atoms with Crippen molar-refractivity contribution in [1.82, 2.24) is 14.5 Å². The van der Waals surface area contributed by atoms with Gasteiger partial charge in [0.1, 0.15) is 12.4 Å². The van der Waals surface area contributed by atoms with Crippen molar-refractivity contribution < 1.29 is 28.5 Å². The second kappa shape index (κ2) is 10.2. The van der Waals surface area contributed by atoms with Crippen molar-refractivity contribution in [3.8, 4) is 11.5 Å². The number of pyridine rings is 1. The summed E-state index contributed by atoms with van der Waals surface area (Å²) in [5, 5.41) is 21.2. The predicted octanol–water partition coefficient (Wildman–Crippen LogP) is 1.91. The zero-order chi connectivity index (χ0) is 23.3. The Hall–Kier alpha value is -3.57. The molecule has 0 aliphatic rings. The summed E-state index contributed by atoms with van der Waals surface area (Å²) >= 11 is 0. The third-order valence-electron chi connectivity index (χ3n) is 4.54. The number of methoxy groups -OCH3 is 1. The molecule has 0 radical (unpaired) electrons. The number of hydrogen-bond acceptors (Lipinski definition) is 8. The molecule has 0 saturated heterocycles. The molecule has 3 rings (SSSR count). The minimum Gasteiger partial charge on any atom is -0.494 e. The number of nitrogens with zero attached hydrogens (tertiary/aromatic N) is 3. The van der Waals surface area contributed by atoms with Crippen molar-refractivity contribution in [3.63, 3.8) is 0 Å². The van der Waals surface area contributed by atoms with Gasteiger partial charge in [0, 0.05) is 18.0 Å². The van der Waals surface area contributed by atoms with Crippen molar-refractivity contribution in [3.05, 3.63) is 69.9 Å². The zero-order valence-corrected chi connectivity index (χ0v) is 17.4. The van der Waals surface area contributed by atoms with Gasteiger partial charge in [0.2, 0.25) is 5.95 Å². The first-order valence-electron chi connectivity index (χ1n) is 9.55. The van der Waals surface area contributed by atoms with Gasteiger partial charge in [-0.05, 0) is 24.6 Å². The number of benzene rings is 1. The van der Waals surface area contributed by atoms with Crippen molar-refractivity contribution in [2.75, 3.05) is 19.0 Å². The van der Waals surface area contributed by atoms with Crippen LogP contribution in [0.15, 0.2) is 41.6 Å². The summed E-state index contributed by atoms with van der Waals surface area (Å²) in [5.41, 5.74) is -0.0177. The van der Waals surface area contributed by atoms with Crippen LogP contribution in [-0.4, -0.2) is 44.6 Å². The number of rotatable bonds is 9. The Morgan fingerprint density at radius 1 is 1.22 bits per heavy atom. The number of anilines is 2. The molecule has 0 amide bonds. The number of aromatic nitrogens is 3. The van der Waals surface area contributed by atoms with Crippen molar-refractivity contribution in [2.45, 2.75) is 26.2 Å². The number of ether oxygens (including phenoxy) is 2. The Kier molecular flexibility index (Phi) is 7.33. The van der Waals surface area contributed by atoms with Gasteiger partial charge >= 0.3 is 0 Å². The minimum absolute atomic E-state index is 0.0356. The summed E-state index contributed by atoms with van der Waals surface area (Å²) in [6.45, 7) is 0.624. The fraction of sp³-hybridized carbons (Fsp3) is 0.286. The molecule has 9 nitrogen and oxygen atoms in total. The van der Waals surface area contributed by atoms with E-state index in [9.17, 15) is 18.7 Å². The Morgan fingerprint density at radius 3 is 2.56 bits per heavy atom. The van der Waals surface area contributed by atoms with Crippen LogP contribution in [0.5, 0.6) is 11.5 Å². The van der Waals surface area contributed by atoms with Crippen LogP contribution in [0.3, 0.4) is 0 Å². The molecule has 0 aliphatic heterocycles. The Balaban J connectivity index is 1.66. The second-order valence-corrected chi connectivity index (χ2v) is 6.90. The van der Waals surface area contributed by atoms with E-state index >= 15 is 0 Å². The summed E-state index contributed by atoms with van der Waals surface area (Å²) in [6.07, 6.45) is 3.05. The van der Waals surface area contributed by atoms with E-state index < -0.39 is 24.3 Å². The van der Waals surface area contributed by atoms with Gasteiger partial charge in [-0.3, -0.25) is 4.79 Å². The molecule has 0 fully saturated rings. The van der Waals surface area contributed by atoms with Crippen LogP contribution in [0.4, 0.5) is 20.4 Å². The van der Waals surface area contributed by atoms with E-state index in [1.807, 2.05) is 0 Å². The Labute approximate surface area is 181 Å². The van der Waals surface area contributed by atoms with Crippen LogP contribution in [0.25, 0.3) is 0 Å². The number of aliphatic hydroxyl groups is 2. The highest BCUT2D eigenvalue weighted by Gasteiger charge is 2.18. The fourth-order valence-electron chi connectivity index (χ4n) is 2.84. The molecule has 32 heavy (non-hydrogen) atoms. The van der Waals surface area contributed by atoms with Crippen molar-refractivity contribution in [1.29, 1.82) is 0 Å². The average molecular weight is 448 g/mol. The lowest BCUT2D eigenvalue weighted by molar-refractivity contribution is 0.0804. The molecule has 0 bridgehead atoms. The van der Waals surface area contributed by atoms with Crippen molar-refractivity contribution >= 4 is 11.6 Å². The third kappa shape index (κ3) is 5.37. The lowest BCUT2D eigenvalue weighted by Gasteiger charge is -2.13. The van der Waals surface area contributed by atoms with Crippen molar-refractivity contribution in [2.24, 2.45) is 0 Å². The predicted molar refractivity (Wildman–Crippen MR) is 111 cm³/mol. The topological polar surface area (TPSA) is 119 Å². The highest BCUT2D eigenvalue weighted by molar-refractivity contribution is 5.51. The maximum Gasteiger partial charge on any atom is 0.252 e. The normalized spacial score (nSPS) is 11.8. The van der Waals surface area contributed by atoms with E-state index in [0.29, 0.717) is 5.69 Å². The number of aryl methyl sites for hydroxylation is 1. The van der Waals surface area contributed by atoms with Crippen LogP contribution in [0.1, 0.15) is 11.1 Å². The molecule has 0 unspecified atom stereocenters. The first-order valence-corrected chi connectivity index (χ1v) is 9.55. The van der Waals surface area contributed by atoms with Crippen LogP contribution >= 0.6 is 0 Å². The van der Waals surface area contributed by atoms with Gasteiger partial charge in [-0.1, -0.05) is 0 Å². The van der Waals surface area contributed by atoms with Crippen LogP contribution in [-0.2, 0) is 13.2 Å². The lowest BCUT2D eigenvalue weighted by atomic mass is 10.1. The van der Waals surface area contributed by atoms with Gasteiger partial charge in [0.15, 0.2) is 17.3 Å². The van der Waals surface area contributed by atoms with E-state index in [1.54, 1.807) is 6.07 Å². The molecular formula is C21H22F2N4O5. The number of halogens is 2. The summed E-state index contributed by atoms with van der Waals surface area (Å²) in [4.78, 5) is 20.2. The summed E-state index contributed by atoms with van der Waals surface area (Å²) < 4.78 is 40.2. The molecule has 11 heteroatoms. The van der Waals surface area contributed by atoms with Gasteiger partial charge in [-0.2, -0.15) is 0 Å². The molecule has 1 aromatic carbocycles. The third-order valence-corrected chi connectivity index (χ3v) is 4.54. The lowest BCUT2D eigenvalue weighted by Crippen LogP contribution is -2.27. The number of nitrogens with one attached hydrogen (secondary N) is 1. The Morgan fingerprint density at radius 2 is 1.94 bits per heavy atom. The highest BCUT2D eigenvalue weighted by Crippen LogP contribution is 2.27. The molecule has 2 heterocycles. The maximum absolute atomic E-state index is 14.3. The molecule has 0 spiro atoms. The second-order valence-electron chi connectivity index (χ2n) is 6.90. The van der Waals surface area contributed by atoms with Crippen LogP contribution < -0.4 is 20.3 Å². The molecule has 0 aliphatic carbocycles. The van der Waals surface area contributed by atoms with E-state index in [2.05, 4.69) is 15.3 Å². The van der Waals surface area contributed by atoms with E-state index in [0.717, 1.165) is 0 Å². The molecule has 0 saturated carbocycles. The van der Waals surface area contributed by atoms with Gasteiger partial charge in [0.05, 0.1) is 44.3 Å². The van der Waals surface area contributed by atoms with Gasteiger partial charge in [-0.25, -0.2) is 18.7 Å². The molecule has 2 aromatic heterocycles. The Bertz CT molecular complexity index is 1140. The van der Waals surface area contributed by atoms with E-state index in [1.165, 1.54) is 49.3 Å². The summed E-state index contributed by atoms with van der Waals surface area (Å²) in [5.74, 6) is -1.28.